The molecule has 0 radical (unpaired) electrons. The van der Waals surface area contributed by atoms with Crippen molar-refractivity contribution in [2.24, 2.45) is 5.73 Å². The fourth-order valence-corrected chi connectivity index (χ4v) is 1.76. The highest BCUT2D eigenvalue weighted by molar-refractivity contribution is 5.35. The average Bonchev–Trinajstić information content (AvgIpc) is 2.34. The van der Waals surface area contributed by atoms with Gasteiger partial charge in [0.05, 0.1) is 6.04 Å². The van der Waals surface area contributed by atoms with Crippen molar-refractivity contribution in [3.05, 3.63) is 70.8 Å². The molecule has 2 aromatic carbocycles. The number of hydrogen-bond acceptors (Lipinski definition) is 1. The smallest absolute Gasteiger partial charge is 0.131 e. The highest BCUT2D eigenvalue weighted by Gasteiger charge is 2.15. The van der Waals surface area contributed by atoms with E-state index in [-0.39, 0.29) is 0 Å². The monoisotopic (exact) mass is 233 g/mol. The van der Waals surface area contributed by atoms with Gasteiger partial charge in [-0.1, -0.05) is 30.3 Å². The van der Waals surface area contributed by atoms with Gasteiger partial charge in [-0.15, -0.1) is 0 Å². The molecule has 0 aliphatic carbocycles. The molecule has 0 heterocycles. The predicted molar refractivity (Wildman–Crippen MR) is 63.6 cm³/mol. The summed E-state index contributed by atoms with van der Waals surface area (Å²) in [6.45, 7) is 1.59. The third kappa shape index (κ3) is 2.34. The van der Waals surface area contributed by atoms with E-state index in [4.69, 9.17) is 5.73 Å². The minimum atomic E-state index is -0.607. The summed E-state index contributed by atoms with van der Waals surface area (Å²) in [7, 11) is 0. The lowest BCUT2D eigenvalue weighted by molar-refractivity contribution is 0.561. The minimum Gasteiger partial charge on any atom is -0.320 e. The molecule has 3 heteroatoms. The Bertz CT molecular complexity index is 523. The number of halogens is 2. The van der Waals surface area contributed by atoms with Crippen molar-refractivity contribution >= 4 is 0 Å². The molecule has 1 nitrogen and oxygen atoms in total. The summed E-state index contributed by atoms with van der Waals surface area (Å²) in [5.41, 5.74) is 7.49. The quantitative estimate of drug-likeness (QED) is 0.846. The van der Waals surface area contributed by atoms with Crippen molar-refractivity contribution in [1.82, 2.24) is 0 Å². The number of benzene rings is 2. The van der Waals surface area contributed by atoms with Crippen LogP contribution < -0.4 is 5.73 Å². The first kappa shape index (κ1) is 11.7. The van der Waals surface area contributed by atoms with Crippen molar-refractivity contribution in [1.29, 1.82) is 0 Å². The lowest BCUT2D eigenvalue weighted by atomic mass is 9.97. The second kappa shape index (κ2) is 4.63. The van der Waals surface area contributed by atoms with Crippen LogP contribution in [0, 0.1) is 18.6 Å². The molecule has 0 fully saturated rings. The van der Waals surface area contributed by atoms with Gasteiger partial charge in [-0.3, -0.25) is 0 Å². The Morgan fingerprint density at radius 2 is 1.65 bits per heavy atom. The van der Waals surface area contributed by atoms with Gasteiger partial charge in [0.25, 0.3) is 0 Å². The Morgan fingerprint density at radius 3 is 2.29 bits per heavy atom. The van der Waals surface area contributed by atoms with E-state index in [1.165, 1.54) is 6.07 Å². The van der Waals surface area contributed by atoms with Gasteiger partial charge in [-0.2, -0.15) is 0 Å². The van der Waals surface area contributed by atoms with E-state index < -0.39 is 17.7 Å². The van der Waals surface area contributed by atoms with Crippen molar-refractivity contribution in [3.63, 3.8) is 0 Å². The van der Waals surface area contributed by atoms with Gasteiger partial charge in [-0.25, -0.2) is 8.78 Å². The molecule has 0 spiro atoms. The van der Waals surface area contributed by atoms with Gasteiger partial charge in [0.2, 0.25) is 0 Å². The first-order valence-electron chi connectivity index (χ1n) is 5.35. The van der Waals surface area contributed by atoms with Gasteiger partial charge in [0.15, 0.2) is 0 Å². The Hall–Kier alpha value is -1.74. The van der Waals surface area contributed by atoms with Crippen LogP contribution in [0.1, 0.15) is 22.7 Å². The Kier molecular flexibility index (Phi) is 3.20. The maximum Gasteiger partial charge on any atom is 0.131 e. The highest BCUT2D eigenvalue weighted by atomic mass is 19.1. The van der Waals surface area contributed by atoms with Crippen LogP contribution in [-0.2, 0) is 0 Å². The van der Waals surface area contributed by atoms with Crippen molar-refractivity contribution in [3.8, 4) is 0 Å². The molecule has 0 aliphatic heterocycles. The van der Waals surface area contributed by atoms with Gasteiger partial charge >= 0.3 is 0 Å². The summed E-state index contributed by atoms with van der Waals surface area (Å²) >= 11 is 0. The topological polar surface area (TPSA) is 26.0 Å². The number of hydrogen-bond donors (Lipinski definition) is 1. The van der Waals surface area contributed by atoms with Crippen LogP contribution in [0.3, 0.4) is 0 Å². The summed E-state index contributed by atoms with van der Waals surface area (Å²) in [6.07, 6.45) is 0. The maximum atomic E-state index is 13.6. The molecule has 17 heavy (non-hydrogen) atoms. The molecule has 1 unspecified atom stereocenters. The fourth-order valence-electron chi connectivity index (χ4n) is 1.76. The first-order valence-corrected chi connectivity index (χ1v) is 5.35. The molecule has 0 bridgehead atoms. The largest absolute Gasteiger partial charge is 0.320 e. The molecule has 2 N–H and O–H groups in total. The molecular formula is C14H13F2N. The second-order valence-electron chi connectivity index (χ2n) is 4.01. The molecule has 2 aromatic rings. The molecule has 0 saturated heterocycles. The maximum absolute atomic E-state index is 13.6. The SMILES string of the molecule is Cc1cc(C(N)c2ccccc2)c(F)cc1F. The van der Waals surface area contributed by atoms with Crippen LogP contribution in [0.2, 0.25) is 0 Å². The van der Waals surface area contributed by atoms with Crippen LogP contribution in [0.15, 0.2) is 42.5 Å². The van der Waals surface area contributed by atoms with E-state index in [2.05, 4.69) is 0 Å². The summed E-state index contributed by atoms with van der Waals surface area (Å²) in [5, 5.41) is 0. The van der Waals surface area contributed by atoms with Crippen LogP contribution >= 0.6 is 0 Å². The molecule has 88 valence electrons. The number of rotatable bonds is 2. The van der Waals surface area contributed by atoms with Gasteiger partial charge in [-0.05, 0) is 24.1 Å². The Labute approximate surface area is 98.9 Å². The van der Waals surface area contributed by atoms with E-state index in [1.54, 1.807) is 6.92 Å². The Morgan fingerprint density at radius 1 is 1.00 bits per heavy atom. The molecule has 2 rings (SSSR count). The molecule has 0 aromatic heterocycles. The zero-order valence-electron chi connectivity index (χ0n) is 9.45. The van der Waals surface area contributed by atoms with E-state index in [0.29, 0.717) is 11.1 Å². The third-order valence-electron chi connectivity index (χ3n) is 2.77. The van der Waals surface area contributed by atoms with Crippen molar-refractivity contribution in [2.75, 3.05) is 0 Å². The first-order chi connectivity index (χ1) is 8.09. The van der Waals surface area contributed by atoms with Crippen LogP contribution in [0.4, 0.5) is 8.78 Å². The summed E-state index contributed by atoms with van der Waals surface area (Å²) in [6, 6.07) is 11.0. The average molecular weight is 233 g/mol. The Balaban J connectivity index is 2.44. The number of aryl methyl sites for hydroxylation is 1. The van der Waals surface area contributed by atoms with E-state index in [0.717, 1.165) is 11.6 Å². The molecular weight excluding hydrogens is 220 g/mol. The highest BCUT2D eigenvalue weighted by Crippen LogP contribution is 2.24. The molecule has 0 aliphatic rings. The zero-order valence-corrected chi connectivity index (χ0v) is 9.45. The van der Waals surface area contributed by atoms with Gasteiger partial charge in [0, 0.05) is 11.6 Å². The molecule has 0 amide bonds. The van der Waals surface area contributed by atoms with Crippen LogP contribution in [0.25, 0.3) is 0 Å². The van der Waals surface area contributed by atoms with E-state index in [1.807, 2.05) is 30.3 Å². The normalized spacial score (nSPS) is 12.5. The van der Waals surface area contributed by atoms with Gasteiger partial charge < -0.3 is 5.73 Å². The fraction of sp³-hybridized carbons (Fsp3) is 0.143. The lowest BCUT2D eigenvalue weighted by Gasteiger charge is -2.14. The lowest BCUT2D eigenvalue weighted by Crippen LogP contribution is -2.14. The number of nitrogens with two attached hydrogens (primary N) is 1. The predicted octanol–water partition coefficient (Wildman–Crippen LogP) is 3.32. The third-order valence-corrected chi connectivity index (χ3v) is 2.77. The molecule has 0 saturated carbocycles. The van der Waals surface area contributed by atoms with E-state index in [9.17, 15) is 8.78 Å². The van der Waals surface area contributed by atoms with Crippen molar-refractivity contribution in [2.45, 2.75) is 13.0 Å². The van der Waals surface area contributed by atoms with Crippen LogP contribution in [-0.4, -0.2) is 0 Å². The summed E-state index contributed by atoms with van der Waals surface area (Å²) in [4.78, 5) is 0. The van der Waals surface area contributed by atoms with Crippen LogP contribution in [0.5, 0.6) is 0 Å². The van der Waals surface area contributed by atoms with E-state index >= 15 is 0 Å². The standard InChI is InChI=1S/C14H13F2N/c1-9-7-11(13(16)8-12(9)15)14(17)10-5-3-2-4-6-10/h2-8,14H,17H2,1H3. The van der Waals surface area contributed by atoms with Gasteiger partial charge in [0.1, 0.15) is 11.6 Å². The summed E-state index contributed by atoms with van der Waals surface area (Å²) in [5.74, 6) is -1.16. The minimum absolute atomic E-state index is 0.315. The van der Waals surface area contributed by atoms with Crippen molar-refractivity contribution < 1.29 is 8.78 Å². The zero-order chi connectivity index (χ0) is 12.4. The second-order valence-corrected chi connectivity index (χ2v) is 4.01. The summed E-state index contributed by atoms with van der Waals surface area (Å²) < 4.78 is 26.8. The molecule has 1 atom stereocenters.